The molecule has 0 radical (unpaired) electrons. The van der Waals surface area contributed by atoms with Gasteiger partial charge in [-0.25, -0.2) is 0 Å². The Morgan fingerprint density at radius 3 is 2.75 bits per heavy atom. The van der Waals surface area contributed by atoms with Crippen LogP contribution in [0.4, 0.5) is 0 Å². The van der Waals surface area contributed by atoms with E-state index in [0.717, 1.165) is 12.2 Å². The highest BCUT2D eigenvalue weighted by Crippen LogP contribution is 2.32. The first kappa shape index (κ1) is 12.0. The van der Waals surface area contributed by atoms with Crippen molar-refractivity contribution in [3.8, 4) is 0 Å². The van der Waals surface area contributed by atoms with Crippen LogP contribution in [0.3, 0.4) is 0 Å². The number of hydrogen-bond donors (Lipinski definition) is 1. The summed E-state index contributed by atoms with van der Waals surface area (Å²) in [4.78, 5) is 0. The van der Waals surface area contributed by atoms with Crippen molar-refractivity contribution in [2.24, 2.45) is 5.73 Å². The summed E-state index contributed by atoms with van der Waals surface area (Å²) in [7, 11) is 0. The van der Waals surface area contributed by atoms with Crippen LogP contribution < -0.4 is 5.73 Å². The number of benzene rings is 1. The Balaban J connectivity index is 2.43. The van der Waals surface area contributed by atoms with Crippen molar-refractivity contribution in [3.05, 3.63) is 34.9 Å². The molecule has 1 aliphatic rings. The molecule has 0 saturated carbocycles. The second kappa shape index (κ2) is 4.42. The van der Waals surface area contributed by atoms with Crippen LogP contribution in [0.5, 0.6) is 0 Å². The summed E-state index contributed by atoms with van der Waals surface area (Å²) >= 11 is 2.00. The Labute approximate surface area is 103 Å². The molecule has 0 bridgehead atoms. The summed E-state index contributed by atoms with van der Waals surface area (Å²) in [6.07, 6.45) is 1.10. The van der Waals surface area contributed by atoms with Gasteiger partial charge in [0.25, 0.3) is 0 Å². The Kier molecular flexibility index (Phi) is 3.32. The molecule has 0 aromatic heterocycles. The molecule has 0 spiro atoms. The smallest absolute Gasteiger partial charge is 0.0305 e. The minimum Gasteiger partial charge on any atom is -0.324 e. The molecule has 2 heteroatoms. The van der Waals surface area contributed by atoms with Crippen LogP contribution >= 0.6 is 11.8 Å². The lowest BCUT2D eigenvalue weighted by molar-refractivity contribution is 0.586. The lowest BCUT2D eigenvalue weighted by Gasteiger charge is -2.22. The molecule has 1 aromatic carbocycles. The summed E-state index contributed by atoms with van der Waals surface area (Å²) in [5, 5.41) is 0. The Bertz CT molecular complexity index is 379. The van der Waals surface area contributed by atoms with Crippen LogP contribution in [0.25, 0.3) is 0 Å². The van der Waals surface area contributed by atoms with Crippen LogP contribution in [0, 0.1) is 0 Å². The monoisotopic (exact) mass is 235 g/mol. The van der Waals surface area contributed by atoms with Gasteiger partial charge in [-0.15, -0.1) is 0 Å². The molecule has 2 N–H and O–H groups in total. The third-order valence-electron chi connectivity index (χ3n) is 3.24. The standard InChI is InChI=1S/C14H21NS/c1-14(2,3)11-5-4-10-9-16-7-6-13(15)12(10)8-11/h4-5,8,13H,6-7,9,15H2,1-3H3/t13-/m1/s1. The van der Waals surface area contributed by atoms with E-state index in [9.17, 15) is 0 Å². The normalized spacial score (nSPS) is 21.4. The van der Waals surface area contributed by atoms with Crippen molar-refractivity contribution in [1.82, 2.24) is 0 Å². The summed E-state index contributed by atoms with van der Waals surface area (Å²) in [6, 6.07) is 7.09. The molecule has 0 saturated heterocycles. The average molecular weight is 235 g/mol. The third-order valence-corrected chi connectivity index (χ3v) is 4.28. The van der Waals surface area contributed by atoms with Gasteiger partial charge in [-0.1, -0.05) is 39.0 Å². The molecule has 16 heavy (non-hydrogen) atoms. The first-order valence-corrected chi connectivity index (χ1v) is 7.10. The van der Waals surface area contributed by atoms with Crippen molar-refractivity contribution in [1.29, 1.82) is 0 Å². The molecule has 0 amide bonds. The second-order valence-electron chi connectivity index (χ2n) is 5.61. The molecule has 1 atom stereocenters. The van der Waals surface area contributed by atoms with E-state index < -0.39 is 0 Å². The van der Waals surface area contributed by atoms with E-state index in [1.165, 1.54) is 22.4 Å². The summed E-state index contributed by atoms with van der Waals surface area (Å²) in [5.41, 5.74) is 10.7. The zero-order valence-corrected chi connectivity index (χ0v) is 11.2. The predicted octanol–water partition coefficient (Wildman–Crippen LogP) is 3.62. The molecule has 0 aliphatic carbocycles. The number of thioether (sulfide) groups is 1. The van der Waals surface area contributed by atoms with E-state index >= 15 is 0 Å². The van der Waals surface area contributed by atoms with Gasteiger partial charge in [0.1, 0.15) is 0 Å². The molecule has 0 unspecified atom stereocenters. The quantitative estimate of drug-likeness (QED) is 0.743. The topological polar surface area (TPSA) is 26.0 Å². The molecule has 1 nitrogen and oxygen atoms in total. The van der Waals surface area contributed by atoms with Gasteiger partial charge in [0.15, 0.2) is 0 Å². The highest BCUT2D eigenvalue weighted by atomic mass is 32.2. The fraction of sp³-hybridized carbons (Fsp3) is 0.571. The maximum Gasteiger partial charge on any atom is 0.0305 e. The largest absolute Gasteiger partial charge is 0.324 e. The van der Waals surface area contributed by atoms with Gasteiger partial charge in [0, 0.05) is 11.8 Å². The molecule has 2 rings (SSSR count). The van der Waals surface area contributed by atoms with Crippen LogP contribution in [0.15, 0.2) is 18.2 Å². The molecule has 0 fully saturated rings. The van der Waals surface area contributed by atoms with E-state index in [1.54, 1.807) is 0 Å². The minimum absolute atomic E-state index is 0.216. The predicted molar refractivity (Wildman–Crippen MR) is 72.8 cm³/mol. The van der Waals surface area contributed by atoms with Crippen molar-refractivity contribution < 1.29 is 0 Å². The lowest BCUT2D eigenvalue weighted by Crippen LogP contribution is -2.15. The molecular formula is C14H21NS. The zero-order valence-electron chi connectivity index (χ0n) is 10.4. The SMILES string of the molecule is CC(C)(C)c1ccc2c(c1)[C@H](N)CCSC2. The van der Waals surface area contributed by atoms with Crippen LogP contribution in [-0.2, 0) is 11.2 Å². The summed E-state index contributed by atoms with van der Waals surface area (Å²) in [6.45, 7) is 6.77. The first-order chi connectivity index (χ1) is 7.48. The number of fused-ring (bicyclic) bond motifs is 1. The van der Waals surface area contributed by atoms with E-state index in [-0.39, 0.29) is 11.5 Å². The summed E-state index contributed by atoms with van der Waals surface area (Å²) in [5.74, 6) is 2.30. The highest BCUT2D eigenvalue weighted by Gasteiger charge is 2.19. The van der Waals surface area contributed by atoms with Gasteiger partial charge in [-0.05, 0) is 34.3 Å². The maximum absolute atomic E-state index is 6.25. The van der Waals surface area contributed by atoms with Gasteiger partial charge in [0.05, 0.1) is 0 Å². The van der Waals surface area contributed by atoms with Crippen molar-refractivity contribution in [3.63, 3.8) is 0 Å². The average Bonchev–Trinajstić information content (AvgIpc) is 2.39. The van der Waals surface area contributed by atoms with Crippen molar-refractivity contribution in [2.45, 2.75) is 44.4 Å². The Hall–Kier alpha value is -0.470. The van der Waals surface area contributed by atoms with E-state index in [2.05, 4.69) is 39.0 Å². The van der Waals surface area contributed by atoms with Gasteiger partial charge in [-0.2, -0.15) is 11.8 Å². The number of hydrogen-bond acceptors (Lipinski definition) is 2. The van der Waals surface area contributed by atoms with Crippen molar-refractivity contribution >= 4 is 11.8 Å². The van der Waals surface area contributed by atoms with Gasteiger partial charge in [0.2, 0.25) is 0 Å². The molecule has 1 heterocycles. The Morgan fingerprint density at radius 1 is 1.31 bits per heavy atom. The Morgan fingerprint density at radius 2 is 2.06 bits per heavy atom. The van der Waals surface area contributed by atoms with Crippen LogP contribution in [-0.4, -0.2) is 5.75 Å². The van der Waals surface area contributed by atoms with Crippen molar-refractivity contribution in [2.75, 3.05) is 5.75 Å². The maximum atomic E-state index is 6.25. The number of nitrogens with two attached hydrogens (primary N) is 1. The molecule has 88 valence electrons. The van der Waals surface area contributed by atoms with E-state index in [4.69, 9.17) is 5.73 Å². The van der Waals surface area contributed by atoms with Gasteiger partial charge < -0.3 is 5.73 Å². The number of rotatable bonds is 0. The third kappa shape index (κ3) is 2.44. The van der Waals surface area contributed by atoms with Gasteiger partial charge in [-0.3, -0.25) is 0 Å². The first-order valence-electron chi connectivity index (χ1n) is 5.95. The summed E-state index contributed by atoms with van der Waals surface area (Å²) < 4.78 is 0. The zero-order chi connectivity index (χ0) is 11.8. The highest BCUT2D eigenvalue weighted by molar-refractivity contribution is 7.98. The molecule has 1 aliphatic heterocycles. The minimum atomic E-state index is 0.216. The van der Waals surface area contributed by atoms with E-state index in [0.29, 0.717) is 0 Å². The van der Waals surface area contributed by atoms with Crippen LogP contribution in [0.2, 0.25) is 0 Å². The lowest BCUT2D eigenvalue weighted by atomic mass is 9.84. The molecule has 1 aromatic rings. The second-order valence-corrected chi connectivity index (χ2v) is 6.72. The molecular weight excluding hydrogens is 214 g/mol. The fourth-order valence-corrected chi connectivity index (χ4v) is 3.13. The van der Waals surface area contributed by atoms with Gasteiger partial charge >= 0.3 is 0 Å². The van der Waals surface area contributed by atoms with Crippen LogP contribution in [0.1, 0.15) is 49.9 Å². The van der Waals surface area contributed by atoms with E-state index in [1.807, 2.05) is 11.8 Å². The fourth-order valence-electron chi connectivity index (χ4n) is 2.09.